The Labute approximate surface area is 69.2 Å². The molecule has 0 bridgehead atoms. The third kappa shape index (κ3) is 7.35. The van der Waals surface area contributed by atoms with Crippen LogP contribution in [0.5, 0.6) is 0 Å². The second-order valence-corrected chi connectivity index (χ2v) is 2.03. The highest BCUT2D eigenvalue weighted by Gasteiger charge is 2.00. The van der Waals surface area contributed by atoms with Crippen LogP contribution in [-0.2, 0) is 4.74 Å². The summed E-state index contributed by atoms with van der Waals surface area (Å²) < 4.78 is 5.22. The van der Waals surface area contributed by atoms with Crippen LogP contribution in [0.25, 0.3) is 0 Å². The molecular formula is C9H13NO. The van der Waals surface area contributed by atoms with Crippen molar-refractivity contribution in [3.63, 3.8) is 0 Å². The molecule has 60 valence electrons. The van der Waals surface area contributed by atoms with Crippen LogP contribution in [0, 0.1) is 37.0 Å². The van der Waals surface area contributed by atoms with E-state index in [-0.39, 0.29) is 6.10 Å². The van der Waals surface area contributed by atoms with Gasteiger partial charge in [0.25, 0.3) is 0 Å². The van der Waals surface area contributed by atoms with E-state index in [1.165, 1.54) is 6.42 Å². The summed E-state index contributed by atoms with van der Waals surface area (Å²) in [6.45, 7) is 4.63. The summed E-state index contributed by atoms with van der Waals surface area (Å²) in [6.07, 6.45) is 6.95. The molecule has 0 rings (SSSR count). The van der Waals surface area contributed by atoms with Crippen molar-refractivity contribution in [2.24, 2.45) is 0 Å². The number of ether oxygens (including phenoxy) is 1. The van der Waals surface area contributed by atoms with Gasteiger partial charge in [-0.2, -0.15) is 5.26 Å². The van der Waals surface area contributed by atoms with E-state index in [4.69, 9.17) is 10.00 Å². The highest BCUT2D eigenvalue weighted by Crippen LogP contribution is 2.01. The number of hydrogen-bond acceptors (Lipinski definition) is 2. The summed E-state index contributed by atoms with van der Waals surface area (Å²) in [7, 11) is 0. The molecule has 0 aliphatic carbocycles. The number of unbranched alkanes of at least 4 members (excludes halogenated alkanes) is 2. The first-order valence-electron chi connectivity index (χ1n) is 3.65. The molecule has 0 aliphatic heterocycles. The molecule has 4 radical (unpaired) electrons. The van der Waals surface area contributed by atoms with Crippen LogP contribution in [0.4, 0.5) is 0 Å². The molecule has 0 amide bonds. The number of nitriles is 1. The van der Waals surface area contributed by atoms with Crippen molar-refractivity contribution in [1.82, 2.24) is 0 Å². The lowest BCUT2D eigenvalue weighted by Gasteiger charge is -2.08. The quantitative estimate of drug-likeness (QED) is 0.542. The summed E-state index contributed by atoms with van der Waals surface area (Å²) >= 11 is 0. The van der Waals surface area contributed by atoms with Crippen LogP contribution in [0.1, 0.15) is 13.8 Å². The van der Waals surface area contributed by atoms with E-state index in [0.717, 1.165) is 0 Å². The third-order valence-corrected chi connectivity index (χ3v) is 1.09. The Kier molecular flexibility index (Phi) is 7.18. The van der Waals surface area contributed by atoms with Crippen molar-refractivity contribution in [2.45, 2.75) is 20.0 Å². The largest absolute Gasteiger partial charge is 0.378 e. The van der Waals surface area contributed by atoms with Gasteiger partial charge in [0.15, 0.2) is 0 Å². The summed E-state index contributed by atoms with van der Waals surface area (Å²) in [5.74, 6) is 0. The van der Waals surface area contributed by atoms with E-state index in [1.54, 1.807) is 6.42 Å². The first-order chi connectivity index (χ1) is 5.31. The molecule has 0 spiro atoms. The average Bonchev–Trinajstić information content (AvgIpc) is 1.99. The van der Waals surface area contributed by atoms with Gasteiger partial charge in [-0.05, 0) is 33.1 Å². The van der Waals surface area contributed by atoms with E-state index in [9.17, 15) is 0 Å². The van der Waals surface area contributed by atoms with E-state index >= 15 is 0 Å². The second-order valence-electron chi connectivity index (χ2n) is 2.03. The standard InChI is InChI=1S/C9H13NO/c1-3-11-9(2)7-5-4-6-8-10/h4-7,9H,3H2,1-2H3/t9-/m0/s1. The topological polar surface area (TPSA) is 33.0 Å². The maximum Gasteiger partial charge on any atom is 0.0672 e. The van der Waals surface area contributed by atoms with Crippen molar-refractivity contribution in [3.05, 3.63) is 25.7 Å². The molecule has 2 heteroatoms. The van der Waals surface area contributed by atoms with E-state index < -0.39 is 0 Å². The first kappa shape index (κ1) is 10.4. The van der Waals surface area contributed by atoms with E-state index in [1.807, 2.05) is 32.8 Å². The molecule has 2 nitrogen and oxygen atoms in total. The van der Waals surface area contributed by atoms with Crippen molar-refractivity contribution >= 4 is 0 Å². The van der Waals surface area contributed by atoms with E-state index in [0.29, 0.717) is 6.61 Å². The smallest absolute Gasteiger partial charge is 0.0672 e. The second kappa shape index (κ2) is 7.56. The van der Waals surface area contributed by atoms with Crippen molar-refractivity contribution in [1.29, 1.82) is 5.26 Å². The Balaban J connectivity index is 3.05. The van der Waals surface area contributed by atoms with Crippen LogP contribution >= 0.6 is 0 Å². The lowest BCUT2D eigenvalue weighted by Crippen LogP contribution is -2.08. The Hall–Kier alpha value is -0.550. The van der Waals surface area contributed by atoms with Crippen LogP contribution in [0.3, 0.4) is 0 Å². The fourth-order valence-corrected chi connectivity index (χ4v) is 0.638. The Morgan fingerprint density at radius 1 is 1.55 bits per heavy atom. The zero-order valence-corrected chi connectivity index (χ0v) is 6.95. The molecular weight excluding hydrogens is 138 g/mol. The highest BCUT2D eigenvalue weighted by molar-refractivity contribution is 5.13. The van der Waals surface area contributed by atoms with Gasteiger partial charge in [-0.1, -0.05) is 0 Å². The van der Waals surface area contributed by atoms with E-state index in [2.05, 4.69) is 0 Å². The predicted molar refractivity (Wildman–Crippen MR) is 43.9 cm³/mol. The third-order valence-electron chi connectivity index (χ3n) is 1.09. The minimum absolute atomic E-state index is 0.128. The molecule has 0 N–H and O–H groups in total. The van der Waals surface area contributed by atoms with Gasteiger partial charge in [-0.3, -0.25) is 0 Å². The Morgan fingerprint density at radius 3 is 2.82 bits per heavy atom. The maximum absolute atomic E-state index is 8.13. The van der Waals surface area contributed by atoms with Gasteiger partial charge in [0.2, 0.25) is 0 Å². The summed E-state index contributed by atoms with van der Waals surface area (Å²) in [6, 6.07) is 1.90. The van der Waals surface area contributed by atoms with Gasteiger partial charge in [-0.15, -0.1) is 0 Å². The van der Waals surface area contributed by atoms with Gasteiger partial charge in [0, 0.05) is 6.61 Å². The minimum Gasteiger partial charge on any atom is -0.378 e. The first-order valence-corrected chi connectivity index (χ1v) is 3.65. The SMILES string of the molecule is CCO[C@@H](C)[CH][CH][CH][CH]C#N. The molecule has 0 aliphatic rings. The lowest BCUT2D eigenvalue weighted by atomic mass is 10.1. The molecule has 1 atom stereocenters. The fraction of sp³-hybridized carbons (Fsp3) is 0.444. The number of nitrogens with zero attached hydrogens (tertiary/aromatic N) is 1. The van der Waals surface area contributed by atoms with Gasteiger partial charge < -0.3 is 4.74 Å². The summed E-state index contributed by atoms with van der Waals surface area (Å²) in [4.78, 5) is 0. The molecule has 0 aromatic rings. The highest BCUT2D eigenvalue weighted by atomic mass is 16.5. The van der Waals surface area contributed by atoms with Gasteiger partial charge >= 0.3 is 0 Å². The average molecular weight is 151 g/mol. The van der Waals surface area contributed by atoms with Gasteiger partial charge in [-0.25, -0.2) is 0 Å². The Bertz CT molecular complexity index is 117. The van der Waals surface area contributed by atoms with Gasteiger partial charge in [0.05, 0.1) is 18.6 Å². The van der Waals surface area contributed by atoms with Crippen LogP contribution in [0.2, 0.25) is 0 Å². The molecule has 0 saturated carbocycles. The van der Waals surface area contributed by atoms with Crippen molar-refractivity contribution in [3.8, 4) is 6.07 Å². The molecule has 0 aromatic heterocycles. The van der Waals surface area contributed by atoms with Crippen molar-refractivity contribution in [2.75, 3.05) is 6.61 Å². The number of rotatable bonds is 6. The number of hydrogen-bond donors (Lipinski definition) is 0. The minimum atomic E-state index is 0.128. The molecule has 11 heavy (non-hydrogen) atoms. The molecule has 0 aromatic carbocycles. The Morgan fingerprint density at radius 2 is 2.27 bits per heavy atom. The van der Waals surface area contributed by atoms with Crippen LogP contribution in [-0.4, -0.2) is 12.7 Å². The lowest BCUT2D eigenvalue weighted by molar-refractivity contribution is 0.100. The van der Waals surface area contributed by atoms with Crippen LogP contribution in [0.15, 0.2) is 0 Å². The molecule has 0 saturated heterocycles. The van der Waals surface area contributed by atoms with Gasteiger partial charge in [0.1, 0.15) is 0 Å². The summed E-state index contributed by atoms with van der Waals surface area (Å²) in [5.41, 5.74) is 0. The van der Waals surface area contributed by atoms with Crippen LogP contribution < -0.4 is 0 Å². The zero-order chi connectivity index (χ0) is 8.53. The molecule has 0 unspecified atom stereocenters. The summed E-state index contributed by atoms with van der Waals surface area (Å²) in [5, 5.41) is 8.13. The normalized spacial score (nSPS) is 12.5. The molecule has 0 fully saturated rings. The van der Waals surface area contributed by atoms with Crippen molar-refractivity contribution < 1.29 is 4.74 Å². The fourth-order valence-electron chi connectivity index (χ4n) is 0.638. The monoisotopic (exact) mass is 151 g/mol. The zero-order valence-electron chi connectivity index (χ0n) is 6.95. The maximum atomic E-state index is 8.13. The molecule has 0 heterocycles. The predicted octanol–water partition coefficient (Wildman–Crippen LogP) is 1.75.